The molecule has 0 aromatic heterocycles. The number of ether oxygens (including phenoxy) is 3. The highest BCUT2D eigenvalue weighted by Crippen LogP contribution is 2.27. The van der Waals surface area contributed by atoms with E-state index in [4.69, 9.17) is 14.2 Å². The molecular formula is C22H24O6. The van der Waals surface area contributed by atoms with E-state index >= 15 is 0 Å². The Labute approximate surface area is 164 Å². The largest absolute Gasteiger partial charge is 0.452 e. The molecule has 0 saturated heterocycles. The van der Waals surface area contributed by atoms with Gasteiger partial charge in [0.25, 0.3) is 0 Å². The van der Waals surface area contributed by atoms with Crippen molar-refractivity contribution in [2.24, 2.45) is 0 Å². The van der Waals surface area contributed by atoms with Crippen molar-refractivity contribution in [2.45, 2.75) is 51.0 Å². The maximum Gasteiger partial charge on any atom is 0.303 e. The summed E-state index contributed by atoms with van der Waals surface area (Å²) in [6.45, 7) is 1.69. The molecule has 1 aliphatic rings. The molecule has 6 nitrogen and oxygen atoms in total. The number of carbonyl (C=O) groups is 2. The predicted octanol–water partition coefficient (Wildman–Crippen LogP) is 2.42. The van der Waals surface area contributed by atoms with Gasteiger partial charge in [-0.05, 0) is 11.1 Å². The molecule has 0 spiro atoms. The molecule has 2 aromatic carbocycles. The first-order chi connectivity index (χ1) is 13.5. The van der Waals surface area contributed by atoms with Crippen molar-refractivity contribution < 1.29 is 28.9 Å². The molecule has 1 saturated carbocycles. The Morgan fingerprint density at radius 3 is 1.93 bits per heavy atom. The van der Waals surface area contributed by atoms with Gasteiger partial charge in [0.15, 0.2) is 11.9 Å². The topological polar surface area (TPSA) is 82.1 Å². The van der Waals surface area contributed by atoms with Crippen LogP contribution in [0, 0.1) is 0 Å². The van der Waals surface area contributed by atoms with Gasteiger partial charge < -0.3 is 19.3 Å². The van der Waals surface area contributed by atoms with Gasteiger partial charge in [0.1, 0.15) is 12.2 Å². The minimum Gasteiger partial charge on any atom is -0.452 e. The molecule has 1 fully saturated rings. The van der Waals surface area contributed by atoms with Crippen molar-refractivity contribution >= 4 is 11.8 Å². The summed E-state index contributed by atoms with van der Waals surface area (Å²) in [5.74, 6) is -0.954. The summed E-state index contributed by atoms with van der Waals surface area (Å²) in [6, 6.07) is 18.9. The Balaban J connectivity index is 1.77. The zero-order chi connectivity index (χ0) is 19.9. The van der Waals surface area contributed by atoms with Gasteiger partial charge in [-0.15, -0.1) is 0 Å². The summed E-state index contributed by atoms with van der Waals surface area (Å²) in [5.41, 5.74) is 1.83. The fourth-order valence-corrected chi connectivity index (χ4v) is 3.25. The second-order valence-electron chi connectivity index (χ2n) is 6.79. The molecule has 4 atom stereocenters. The van der Waals surface area contributed by atoms with Gasteiger partial charge >= 0.3 is 5.97 Å². The van der Waals surface area contributed by atoms with E-state index < -0.39 is 30.4 Å². The average Bonchev–Trinajstić information content (AvgIpc) is 2.69. The fraction of sp³-hybridized carbons (Fsp3) is 0.364. The number of carbonyl (C=O) groups excluding carboxylic acids is 2. The summed E-state index contributed by atoms with van der Waals surface area (Å²) in [4.78, 5) is 23.9. The lowest BCUT2D eigenvalue weighted by Gasteiger charge is -2.38. The van der Waals surface area contributed by atoms with Crippen molar-refractivity contribution in [2.75, 3.05) is 0 Å². The maximum absolute atomic E-state index is 12.4. The van der Waals surface area contributed by atoms with Crippen molar-refractivity contribution in [3.63, 3.8) is 0 Å². The van der Waals surface area contributed by atoms with Crippen LogP contribution in [0.15, 0.2) is 60.7 Å². The second kappa shape index (κ2) is 9.59. The normalized spacial score (nSPS) is 24.7. The molecule has 0 aliphatic heterocycles. The molecule has 1 N–H and O–H groups in total. The minimum atomic E-state index is -1.11. The van der Waals surface area contributed by atoms with Crippen LogP contribution in [0.5, 0.6) is 0 Å². The van der Waals surface area contributed by atoms with Crippen LogP contribution in [0.2, 0.25) is 0 Å². The van der Waals surface area contributed by atoms with Crippen LogP contribution in [0.1, 0.15) is 24.5 Å². The minimum absolute atomic E-state index is 0.150. The SMILES string of the molecule is CC(=O)O[C@@H]1C(=O)C[C@@H](O)[C@@H](OCc2ccccc2)[C@@H]1OCc1ccccc1. The Bertz CT molecular complexity index is 776. The Hall–Kier alpha value is -2.54. The molecule has 0 amide bonds. The van der Waals surface area contributed by atoms with Crippen LogP contribution in [0.4, 0.5) is 0 Å². The van der Waals surface area contributed by atoms with Crippen LogP contribution in [0.3, 0.4) is 0 Å². The molecule has 0 heterocycles. The van der Waals surface area contributed by atoms with Crippen LogP contribution in [-0.2, 0) is 37.0 Å². The molecule has 1 aliphatic carbocycles. The highest BCUT2D eigenvalue weighted by molar-refractivity contribution is 5.87. The lowest BCUT2D eigenvalue weighted by Crippen LogP contribution is -2.57. The lowest BCUT2D eigenvalue weighted by molar-refractivity contribution is -0.202. The molecule has 0 radical (unpaired) electrons. The highest BCUT2D eigenvalue weighted by Gasteiger charge is 2.47. The van der Waals surface area contributed by atoms with Gasteiger partial charge in [0.05, 0.1) is 19.3 Å². The number of hydrogen-bond donors (Lipinski definition) is 1. The first kappa shape index (κ1) is 20.2. The average molecular weight is 384 g/mol. The molecule has 0 bridgehead atoms. The number of benzene rings is 2. The number of Topliss-reactive ketones (excluding diaryl/α,β-unsaturated/α-hetero) is 1. The highest BCUT2D eigenvalue weighted by atomic mass is 16.6. The van der Waals surface area contributed by atoms with Gasteiger partial charge in [-0.2, -0.15) is 0 Å². The number of aliphatic hydroxyl groups excluding tert-OH is 1. The van der Waals surface area contributed by atoms with Gasteiger partial charge in [-0.3, -0.25) is 9.59 Å². The predicted molar refractivity (Wildman–Crippen MR) is 101 cm³/mol. The van der Waals surface area contributed by atoms with E-state index in [2.05, 4.69) is 0 Å². The van der Waals surface area contributed by atoms with Crippen molar-refractivity contribution in [3.8, 4) is 0 Å². The summed E-state index contributed by atoms with van der Waals surface area (Å²) in [7, 11) is 0. The van der Waals surface area contributed by atoms with Gasteiger partial charge in [0.2, 0.25) is 0 Å². The van der Waals surface area contributed by atoms with E-state index in [0.29, 0.717) is 0 Å². The standard InChI is InChI=1S/C22H24O6/c1-15(23)28-21-19(25)12-18(24)20(26-13-16-8-4-2-5-9-16)22(21)27-14-17-10-6-3-7-11-17/h2-11,18,20-22,24H,12-14H2,1H3/t18-,20-,21-,22+/m1/s1. The smallest absolute Gasteiger partial charge is 0.303 e. The molecular weight excluding hydrogens is 360 g/mol. The molecule has 28 heavy (non-hydrogen) atoms. The number of aliphatic hydroxyl groups is 1. The number of ketones is 1. The Morgan fingerprint density at radius 1 is 0.929 bits per heavy atom. The van der Waals surface area contributed by atoms with Crippen LogP contribution >= 0.6 is 0 Å². The third kappa shape index (κ3) is 5.25. The van der Waals surface area contributed by atoms with E-state index in [9.17, 15) is 14.7 Å². The lowest BCUT2D eigenvalue weighted by atomic mass is 9.88. The van der Waals surface area contributed by atoms with E-state index in [0.717, 1.165) is 11.1 Å². The third-order valence-electron chi connectivity index (χ3n) is 4.59. The Kier molecular flexibility index (Phi) is 6.92. The number of rotatable bonds is 7. The van der Waals surface area contributed by atoms with E-state index in [-0.39, 0.29) is 25.4 Å². The van der Waals surface area contributed by atoms with E-state index in [1.807, 2.05) is 60.7 Å². The molecule has 3 rings (SSSR count). The first-order valence-corrected chi connectivity index (χ1v) is 9.23. The van der Waals surface area contributed by atoms with Gasteiger partial charge in [-0.25, -0.2) is 0 Å². The van der Waals surface area contributed by atoms with Gasteiger partial charge in [-0.1, -0.05) is 60.7 Å². The quantitative estimate of drug-likeness (QED) is 0.739. The van der Waals surface area contributed by atoms with E-state index in [1.54, 1.807) is 0 Å². The van der Waals surface area contributed by atoms with Crippen LogP contribution in [0.25, 0.3) is 0 Å². The van der Waals surface area contributed by atoms with Crippen molar-refractivity contribution in [3.05, 3.63) is 71.8 Å². The summed E-state index contributed by atoms with van der Waals surface area (Å²) in [6.07, 6.45) is -3.99. The number of esters is 1. The summed E-state index contributed by atoms with van der Waals surface area (Å²) in [5, 5.41) is 10.5. The number of hydrogen-bond acceptors (Lipinski definition) is 6. The molecule has 2 aromatic rings. The van der Waals surface area contributed by atoms with Crippen LogP contribution < -0.4 is 0 Å². The molecule has 6 heteroatoms. The van der Waals surface area contributed by atoms with Crippen LogP contribution in [-0.4, -0.2) is 41.3 Å². The monoisotopic (exact) mass is 384 g/mol. The van der Waals surface area contributed by atoms with Gasteiger partial charge in [0, 0.05) is 13.3 Å². The van der Waals surface area contributed by atoms with Crippen molar-refractivity contribution in [1.82, 2.24) is 0 Å². The van der Waals surface area contributed by atoms with Crippen molar-refractivity contribution in [1.29, 1.82) is 0 Å². The summed E-state index contributed by atoms with van der Waals surface area (Å²) < 4.78 is 17.1. The zero-order valence-corrected chi connectivity index (χ0v) is 15.7. The molecule has 0 unspecified atom stereocenters. The molecule has 148 valence electrons. The Morgan fingerprint density at radius 2 is 1.43 bits per heavy atom. The fourth-order valence-electron chi connectivity index (χ4n) is 3.25. The maximum atomic E-state index is 12.4. The zero-order valence-electron chi connectivity index (χ0n) is 15.7. The second-order valence-corrected chi connectivity index (χ2v) is 6.79. The van der Waals surface area contributed by atoms with E-state index in [1.165, 1.54) is 6.92 Å². The summed E-state index contributed by atoms with van der Waals surface area (Å²) >= 11 is 0. The first-order valence-electron chi connectivity index (χ1n) is 9.23. The third-order valence-corrected chi connectivity index (χ3v) is 4.59.